The Morgan fingerprint density at radius 3 is 2.74 bits per heavy atom. The normalized spacial score (nSPS) is 21.7. The van der Waals surface area contributed by atoms with Gasteiger partial charge < -0.3 is 20.0 Å². The van der Waals surface area contributed by atoms with Gasteiger partial charge in [-0.2, -0.15) is 0 Å². The molecule has 1 aliphatic heterocycles. The van der Waals surface area contributed by atoms with Gasteiger partial charge >= 0.3 is 0 Å². The third-order valence-electron chi connectivity index (χ3n) is 5.65. The molecule has 0 aromatic heterocycles. The SMILES string of the molecule is CN1CCc2ccccc2C1C1CCCCC1.COCC(O)CNCC=O. The van der Waals surface area contributed by atoms with E-state index in [2.05, 4.69) is 46.3 Å². The number of nitrogens with zero attached hydrogens (tertiary/aromatic N) is 1. The van der Waals surface area contributed by atoms with Crippen LogP contribution < -0.4 is 5.32 Å². The monoisotopic (exact) mass is 376 g/mol. The Bertz CT molecular complexity index is 546. The summed E-state index contributed by atoms with van der Waals surface area (Å²) in [7, 11) is 3.83. The minimum atomic E-state index is -0.523. The van der Waals surface area contributed by atoms with Crippen molar-refractivity contribution in [2.24, 2.45) is 5.92 Å². The van der Waals surface area contributed by atoms with Crippen LogP contribution in [0.4, 0.5) is 0 Å². The maximum absolute atomic E-state index is 9.77. The van der Waals surface area contributed by atoms with Gasteiger partial charge in [-0.15, -0.1) is 0 Å². The van der Waals surface area contributed by atoms with Crippen molar-refractivity contribution in [1.82, 2.24) is 10.2 Å². The smallest absolute Gasteiger partial charge is 0.133 e. The predicted octanol–water partition coefficient (Wildman–Crippen LogP) is 2.58. The number of hydrogen-bond donors (Lipinski definition) is 2. The summed E-state index contributed by atoms with van der Waals surface area (Å²) in [5, 5.41) is 11.7. The quantitative estimate of drug-likeness (QED) is 0.566. The number of carbonyl (C=O) groups is 1. The number of hydrogen-bond acceptors (Lipinski definition) is 5. The van der Waals surface area contributed by atoms with Crippen LogP contribution in [-0.4, -0.2) is 62.8 Å². The number of aldehydes is 1. The van der Waals surface area contributed by atoms with E-state index >= 15 is 0 Å². The summed E-state index contributed by atoms with van der Waals surface area (Å²) in [5.41, 5.74) is 3.22. The van der Waals surface area contributed by atoms with Crippen LogP contribution in [0.25, 0.3) is 0 Å². The number of carbonyl (C=O) groups excluding carboxylic acids is 1. The Hall–Kier alpha value is -1.27. The molecule has 5 nitrogen and oxygen atoms in total. The molecule has 0 saturated heterocycles. The summed E-state index contributed by atoms with van der Waals surface area (Å²) < 4.78 is 4.66. The fourth-order valence-corrected chi connectivity index (χ4v) is 4.35. The van der Waals surface area contributed by atoms with Crippen LogP contribution in [0, 0.1) is 5.92 Å². The van der Waals surface area contributed by atoms with E-state index in [0.717, 1.165) is 12.2 Å². The minimum Gasteiger partial charge on any atom is -0.389 e. The summed E-state index contributed by atoms with van der Waals surface area (Å²) in [4.78, 5) is 12.4. The van der Waals surface area contributed by atoms with Crippen LogP contribution in [0.2, 0.25) is 0 Å². The topological polar surface area (TPSA) is 61.8 Å². The van der Waals surface area contributed by atoms with E-state index in [0.29, 0.717) is 19.2 Å². The Labute approximate surface area is 164 Å². The number of methoxy groups -OCH3 is 1. The van der Waals surface area contributed by atoms with Crippen LogP contribution in [0.1, 0.15) is 49.3 Å². The molecule has 0 bridgehead atoms. The van der Waals surface area contributed by atoms with E-state index in [1.54, 1.807) is 11.1 Å². The molecule has 1 saturated carbocycles. The molecular formula is C22H36N2O3. The predicted molar refractivity (Wildman–Crippen MR) is 109 cm³/mol. The zero-order valence-electron chi connectivity index (χ0n) is 16.9. The molecule has 1 aromatic rings. The lowest BCUT2D eigenvalue weighted by molar-refractivity contribution is -0.107. The molecule has 152 valence electrons. The molecule has 1 heterocycles. The van der Waals surface area contributed by atoms with E-state index in [1.165, 1.54) is 52.2 Å². The molecular weight excluding hydrogens is 340 g/mol. The molecule has 0 spiro atoms. The lowest BCUT2D eigenvalue weighted by Crippen LogP contribution is -2.37. The molecule has 1 aromatic carbocycles. The standard InChI is InChI=1S/C16H23N.C6H13NO3/c1-17-12-11-13-7-5-6-10-15(13)16(17)14-8-3-2-4-9-14;1-10-5-6(9)4-7-2-3-8/h5-7,10,14,16H,2-4,8-9,11-12H2,1H3;3,6-7,9H,2,4-5H2,1H3. The maximum atomic E-state index is 9.77. The van der Waals surface area contributed by atoms with Gasteiger partial charge in [0.1, 0.15) is 6.29 Å². The zero-order chi connectivity index (χ0) is 19.5. The third kappa shape index (κ3) is 7.00. The highest BCUT2D eigenvalue weighted by molar-refractivity contribution is 5.51. The number of aliphatic hydroxyl groups is 1. The summed E-state index contributed by atoms with van der Waals surface area (Å²) in [6.07, 6.45) is 8.66. The number of nitrogens with one attached hydrogen (secondary N) is 1. The van der Waals surface area contributed by atoms with E-state index in [4.69, 9.17) is 5.11 Å². The lowest BCUT2D eigenvalue weighted by Gasteiger charge is -2.41. The first kappa shape index (κ1) is 22.0. The van der Waals surface area contributed by atoms with Crippen LogP contribution in [-0.2, 0) is 16.0 Å². The first-order chi connectivity index (χ1) is 13.2. The summed E-state index contributed by atoms with van der Waals surface area (Å²) in [5.74, 6) is 0.898. The summed E-state index contributed by atoms with van der Waals surface area (Å²) in [6, 6.07) is 9.80. The number of aliphatic hydroxyl groups excluding tert-OH is 1. The molecule has 2 unspecified atom stereocenters. The highest BCUT2D eigenvalue weighted by Gasteiger charge is 2.31. The van der Waals surface area contributed by atoms with E-state index < -0.39 is 6.10 Å². The third-order valence-corrected chi connectivity index (χ3v) is 5.65. The van der Waals surface area contributed by atoms with Gasteiger partial charge in [0.05, 0.1) is 19.3 Å². The second-order valence-electron chi connectivity index (χ2n) is 7.71. The number of fused-ring (bicyclic) bond motifs is 1. The Balaban J connectivity index is 0.000000227. The molecule has 5 heteroatoms. The average molecular weight is 377 g/mol. The molecule has 27 heavy (non-hydrogen) atoms. The van der Waals surface area contributed by atoms with Crippen LogP contribution >= 0.6 is 0 Å². The largest absolute Gasteiger partial charge is 0.389 e. The minimum absolute atomic E-state index is 0.279. The fourth-order valence-electron chi connectivity index (χ4n) is 4.35. The van der Waals surface area contributed by atoms with Gasteiger partial charge in [0.15, 0.2) is 0 Å². The summed E-state index contributed by atoms with van der Waals surface area (Å²) >= 11 is 0. The van der Waals surface area contributed by atoms with Gasteiger partial charge in [0, 0.05) is 26.2 Å². The van der Waals surface area contributed by atoms with Gasteiger partial charge in [-0.3, -0.25) is 4.90 Å². The van der Waals surface area contributed by atoms with Crippen LogP contribution in [0.5, 0.6) is 0 Å². The van der Waals surface area contributed by atoms with Gasteiger partial charge in [-0.05, 0) is 43.4 Å². The van der Waals surface area contributed by atoms with Crippen LogP contribution in [0.15, 0.2) is 24.3 Å². The van der Waals surface area contributed by atoms with Gasteiger partial charge in [-0.1, -0.05) is 43.5 Å². The lowest BCUT2D eigenvalue weighted by atomic mass is 9.77. The van der Waals surface area contributed by atoms with Crippen LogP contribution in [0.3, 0.4) is 0 Å². The van der Waals surface area contributed by atoms with Crippen molar-refractivity contribution < 1.29 is 14.6 Å². The van der Waals surface area contributed by atoms with Gasteiger partial charge in [-0.25, -0.2) is 0 Å². The first-order valence-corrected chi connectivity index (χ1v) is 10.3. The van der Waals surface area contributed by atoms with Crippen molar-refractivity contribution in [1.29, 1.82) is 0 Å². The van der Waals surface area contributed by atoms with Crippen molar-refractivity contribution in [2.75, 3.05) is 40.4 Å². The molecule has 2 aliphatic rings. The molecule has 2 atom stereocenters. The van der Waals surface area contributed by atoms with Crippen molar-refractivity contribution >= 4 is 6.29 Å². The molecule has 0 radical (unpaired) electrons. The zero-order valence-corrected chi connectivity index (χ0v) is 16.9. The Kier molecular flexibility index (Phi) is 9.98. The molecule has 0 amide bonds. The molecule has 2 N–H and O–H groups in total. The highest BCUT2D eigenvalue weighted by Crippen LogP contribution is 2.40. The van der Waals surface area contributed by atoms with Crippen molar-refractivity contribution in [2.45, 2.75) is 50.7 Å². The maximum Gasteiger partial charge on any atom is 0.133 e. The van der Waals surface area contributed by atoms with E-state index in [9.17, 15) is 4.79 Å². The fraction of sp³-hybridized carbons (Fsp3) is 0.682. The second-order valence-corrected chi connectivity index (χ2v) is 7.71. The highest BCUT2D eigenvalue weighted by atomic mass is 16.5. The van der Waals surface area contributed by atoms with Gasteiger partial charge in [0.25, 0.3) is 0 Å². The second kappa shape index (κ2) is 12.2. The Morgan fingerprint density at radius 1 is 1.30 bits per heavy atom. The molecule has 1 fully saturated rings. The van der Waals surface area contributed by atoms with Gasteiger partial charge in [0.2, 0.25) is 0 Å². The average Bonchev–Trinajstić information content (AvgIpc) is 2.69. The summed E-state index contributed by atoms with van der Waals surface area (Å²) in [6.45, 7) is 2.21. The Morgan fingerprint density at radius 2 is 2.04 bits per heavy atom. The number of ether oxygens (including phenoxy) is 1. The molecule has 3 rings (SSSR count). The number of rotatable bonds is 7. The number of benzene rings is 1. The van der Waals surface area contributed by atoms with Crippen molar-refractivity contribution in [3.05, 3.63) is 35.4 Å². The number of likely N-dealkylation sites (N-methyl/N-ethyl adjacent to an activating group) is 1. The van der Waals surface area contributed by atoms with E-state index in [1.807, 2.05) is 0 Å². The van der Waals surface area contributed by atoms with Crippen molar-refractivity contribution in [3.63, 3.8) is 0 Å². The molecule has 1 aliphatic carbocycles. The van der Waals surface area contributed by atoms with E-state index in [-0.39, 0.29) is 6.54 Å². The van der Waals surface area contributed by atoms with Crippen molar-refractivity contribution in [3.8, 4) is 0 Å². The first-order valence-electron chi connectivity index (χ1n) is 10.3.